The third-order valence-electron chi connectivity index (χ3n) is 3.52. The third kappa shape index (κ3) is 4.19. The first-order valence-corrected chi connectivity index (χ1v) is 7.74. The van der Waals surface area contributed by atoms with E-state index < -0.39 is 36.0 Å². The lowest BCUT2D eigenvalue weighted by Crippen LogP contribution is -2.52. The highest BCUT2D eigenvalue weighted by Crippen LogP contribution is 2.27. The van der Waals surface area contributed by atoms with Gasteiger partial charge in [0.05, 0.1) is 13.2 Å². The molecular formula is C15H25NO6. The molecule has 126 valence electrons. The van der Waals surface area contributed by atoms with Gasteiger partial charge in [-0.15, -0.1) is 0 Å². The minimum absolute atomic E-state index is 0.225. The Labute approximate surface area is 130 Å². The Morgan fingerprint density at radius 3 is 1.77 bits per heavy atom. The molecule has 0 bridgehead atoms. The van der Waals surface area contributed by atoms with Crippen LogP contribution in [0.15, 0.2) is 0 Å². The zero-order valence-corrected chi connectivity index (χ0v) is 13.7. The molecule has 1 rings (SSSR count). The molecule has 7 heteroatoms. The molecule has 1 amide bonds. The van der Waals surface area contributed by atoms with Gasteiger partial charge in [0, 0.05) is 6.61 Å². The average molecular weight is 315 g/mol. The molecule has 3 atom stereocenters. The first-order valence-electron chi connectivity index (χ1n) is 7.74. The van der Waals surface area contributed by atoms with Gasteiger partial charge in [0.15, 0.2) is 0 Å². The number of carbonyl (C=O) groups is 3. The molecule has 22 heavy (non-hydrogen) atoms. The molecule has 1 fully saturated rings. The van der Waals surface area contributed by atoms with Crippen LogP contribution in [0.25, 0.3) is 0 Å². The molecule has 1 aliphatic heterocycles. The number of ether oxygens (including phenoxy) is 3. The number of carbonyl (C=O) groups excluding carboxylic acids is 3. The lowest BCUT2D eigenvalue weighted by atomic mass is 10.2. The topological polar surface area (TPSA) is 82.1 Å². The third-order valence-corrected chi connectivity index (χ3v) is 3.52. The predicted octanol–water partition coefficient (Wildman–Crippen LogP) is 0.897. The van der Waals surface area contributed by atoms with Gasteiger partial charge in [-0.2, -0.15) is 0 Å². The molecule has 0 spiro atoms. The zero-order valence-electron chi connectivity index (χ0n) is 13.7. The van der Waals surface area contributed by atoms with E-state index in [1.54, 1.807) is 27.7 Å². The van der Waals surface area contributed by atoms with E-state index in [-0.39, 0.29) is 13.2 Å². The summed E-state index contributed by atoms with van der Waals surface area (Å²) in [6.07, 6.45) is 0.0386. The van der Waals surface area contributed by atoms with Crippen LogP contribution in [0.2, 0.25) is 0 Å². The summed E-state index contributed by atoms with van der Waals surface area (Å²) in [7, 11) is 0. The number of nitrogens with zero attached hydrogens (tertiary/aromatic N) is 1. The van der Waals surface area contributed by atoms with Crippen LogP contribution in [0.5, 0.6) is 0 Å². The van der Waals surface area contributed by atoms with Crippen molar-refractivity contribution in [2.24, 2.45) is 0 Å². The van der Waals surface area contributed by atoms with Gasteiger partial charge in [0.2, 0.25) is 0 Å². The Morgan fingerprint density at radius 2 is 1.41 bits per heavy atom. The monoisotopic (exact) mass is 315 g/mol. The number of rotatable bonds is 7. The van der Waals surface area contributed by atoms with Gasteiger partial charge in [-0.05, 0) is 40.5 Å². The maximum absolute atomic E-state index is 12.6. The van der Waals surface area contributed by atoms with Gasteiger partial charge in [-0.1, -0.05) is 0 Å². The quantitative estimate of drug-likeness (QED) is 0.649. The van der Waals surface area contributed by atoms with Crippen molar-refractivity contribution in [2.45, 2.75) is 58.7 Å². The van der Waals surface area contributed by atoms with Crippen LogP contribution < -0.4 is 0 Å². The summed E-state index contributed by atoms with van der Waals surface area (Å²) in [6, 6.07) is -1.52. The SMILES string of the molecule is CCOC(=O)[C@H]1CC[C@@H](C(=O)OCC)N1C(=O)C(C)OCC. The lowest BCUT2D eigenvalue weighted by molar-refractivity contribution is -0.164. The van der Waals surface area contributed by atoms with Gasteiger partial charge < -0.3 is 19.1 Å². The van der Waals surface area contributed by atoms with Gasteiger partial charge >= 0.3 is 11.9 Å². The lowest BCUT2D eigenvalue weighted by Gasteiger charge is -2.30. The molecule has 1 aliphatic rings. The highest BCUT2D eigenvalue weighted by Gasteiger charge is 2.46. The molecule has 7 nitrogen and oxygen atoms in total. The Bertz CT molecular complexity index is 385. The van der Waals surface area contributed by atoms with E-state index in [2.05, 4.69) is 0 Å². The van der Waals surface area contributed by atoms with Crippen LogP contribution in [-0.4, -0.2) is 60.8 Å². The summed E-state index contributed by atoms with van der Waals surface area (Å²) < 4.78 is 15.3. The summed E-state index contributed by atoms with van der Waals surface area (Å²) in [5.41, 5.74) is 0. The highest BCUT2D eigenvalue weighted by atomic mass is 16.5. The zero-order chi connectivity index (χ0) is 16.7. The number of hydrogen-bond acceptors (Lipinski definition) is 6. The van der Waals surface area contributed by atoms with Crippen molar-refractivity contribution < 1.29 is 28.6 Å². The maximum atomic E-state index is 12.6. The second-order valence-corrected chi connectivity index (χ2v) is 4.96. The van der Waals surface area contributed by atoms with Crippen molar-refractivity contribution in [3.05, 3.63) is 0 Å². The molecule has 0 aromatic rings. The molecule has 1 saturated heterocycles. The van der Waals surface area contributed by atoms with Crippen LogP contribution in [-0.2, 0) is 28.6 Å². The Morgan fingerprint density at radius 1 is 0.955 bits per heavy atom. The molecule has 0 N–H and O–H groups in total. The van der Waals surface area contributed by atoms with Crippen molar-refractivity contribution in [1.82, 2.24) is 4.90 Å². The van der Waals surface area contributed by atoms with E-state index in [0.29, 0.717) is 19.4 Å². The summed E-state index contributed by atoms with van der Waals surface area (Å²) in [6.45, 7) is 7.60. The molecule has 1 unspecified atom stereocenters. The van der Waals surface area contributed by atoms with E-state index >= 15 is 0 Å². The van der Waals surface area contributed by atoms with E-state index in [9.17, 15) is 14.4 Å². The maximum Gasteiger partial charge on any atom is 0.328 e. The fourth-order valence-corrected chi connectivity index (χ4v) is 2.59. The standard InChI is InChI=1S/C15H25NO6/c1-5-20-10(4)13(17)16-11(14(18)21-6-2)8-9-12(16)15(19)22-7-3/h10-12H,5-9H2,1-4H3/t10?,11-,12+. The van der Waals surface area contributed by atoms with Crippen LogP contribution in [0.4, 0.5) is 0 Å². The molecule has 0 saturated carbocycles. The van der Waals surface area contributed by atoms with Gasteiger partial charge in [-0.3, -0.25) is 4.79 Å². The van der Waals surface area contributed by atoms with Gasteiger partial charge in [0.1, 0.15) is 18.2 Å². The fraction of sp³-hybridized carbons (Fsp3) is 0.800. The van der Waals surface area contributed by atoms with Crippen LogP contribution in [0.1, 0.15) is 40.5 Å². The Kier molecular flexibility index (Phi) is 7.31. The number of esters is 2. The van der Waals surface area contributed by atoms with E-state index in [4.69, 9.17) is 14.2 Å². The first kappa shape index (κ1) is 18.4. The van der Waals surface area contributed by atoms with Crippen molar-refractivity contribution in [3.8, 4) is 0 Å². The molecule has 0 aliphatic carbocycles. The number of likely N-dealkylation sites (tertiary alicyclic amines) is 1. The average Bonchev–Trinajstić information content (AvgIpc) is 2.92. The predicted molar refractivity (Wildman–Crippen MR) is 78.0 cm³/mol. The molecule has 0 radical (unpaired) electrons. The summed E-state index contributed by atoms with van der Waals surface area (Å²) in [5.74, 6) is -1.38. The highest BCUT2D eigenvalue weighted by molar-refractivity contribution is 5.92. The second-order valence-electron chi connectivity index (χ2n) is 4.96. The van der Waals surface area contributed by atoms with Gasteiger partial charge in [0.25, 0.3) is 5.91 Å². The van der Waals surface area contributed by atoms with Crippen molar-refractivity contribution >= 4 is 17.8 Å². The van der Waals surface area contributed by atoms with E-state index in [1.165, 1.54) is 4.90 Å². The minimum Gasteiger partial charge on any atom is -0.464 e. The van der Waals surface area contributed by atoms with Crippen molar-refractivity contribution in [2.75, 3.05) is 19.8 Å². The van der Waals surface area contributed by atoms with Crippen LogP contribution >= 0.6 is 0 Å². The summed E-state index contributed by atoms with van der Waals surface area (Å²) >= 11 is 0. The molecule has 0 aromatic heterocycles. The molecule has 1 heterocycles. The smallest absolute Gasteiger partial charge is 0.328 e. The Balaban J connectivity index is 2.97. The van der Waals surface area contributed by atoms with Crippen molar-refractivity contribution in [3.63, 3.8) is 0 Å². The summed E-state index contributed by atoms with van der Waals surface area (Å²) in [5, 5.41) is 0. The van der Waals surface area contributed by atoms with Crippen LogP contribution in [0.3, 0.4) is 0 Å². The van der Waals surface area contributed by atoms with Crippen molar-refractivity contribution in [1.29, 1.82) is 0 Å². The number of amides is 1. The second kappa shape index (κ2) is 8.73. The molecular weight excluding hydrogens is 290 g/mol. The van der Waals surface area contributed by atoms with Crippen LogP contribution in [0, 0.1) is 0 Å². The Hall–Kier alpha value is -1.63. The molecule has 0 aromatic carbocycles. The normalized spacial score (nSPS) is 22.3. The minimum atomic E-state index is -0.759. The largest absolute Gasteiger partial charge is 0.464 e. The fourth-order valence-electron chi connectivity index (χ4n) is 2.59. The summed E-state index contributed by atoms with van der Waals surface area (Å²) in [4.78, 5) is 37.9. The first-order chi connectivity index (χ1) is 10.5. The van der Waals surface area contributed by atoms with E-state index in [1.807, 2.05) is 0 Å². The number of hydrogen-bond donors (Lipinski definition) is 0. The van der Waals surface area contributed by atoms with E-state index in [0.717, 1.165) is 0 Å². The van der Waals surface area contributed by atoms with Gasteiger partial charge in [-0.25, -0.2) is 9.59 Å².